The van der Waals surface area contributed by atoms with Crippen LogP contribution in [0, 0.1) is 12.7 Å². The minimum absolute atomic E-state index is 0.109. The first-order valence-corrected chi connectivity index (χ1v) is 6.09. The smallest absolute Gasteiger partial charge is 0.154 e. The van der Waals surface area contributed by atoms with Crippen molar-refractivity contribution in [1.29, 1.82) is 0 Å². The molecule has 0 aliphatic heterocycles. The minimum atomic E-state index is -0.376. The highest BCUT2D eigenvalue weighted by atomic mass is 19.1. The molecule has 3 nitrogen and oxygen atoms in total. The van der Waals surface area contributed by atoms with Gasteiger partial charge in [-0.2, -0.15) is 0 Å². The van der Waals surface area contributed by atoms with Crippen LogP contribution in [0.5, 0.6) is 0 Å². The van der Waals surface area contributed by atoms with Gasteiger partial charge in [-0.25, -0.2) is 9.37 Å². The highest BCUT2D eigenvalue weighted by Gasteiger charge is 2.12. The summed E-state index contributed by atoms with van der Waals surface area (Å²) in [7, 11) is 0. The van der Waals surface area contributed by atoms with Gasteiger partial charge < -0.3 is 5.73 Å². The first-order chi connectivity index (χ1) is 9.13. The maximum atomic E-state index is 13.8. The average Bonchev–Trinajstić information content (AvgIpc) is 2.41. The molecule has 0 radical (unpaired) electrons. The number of halogens is 1. The van der Waals surface area contributed by atoms with Crippen molar-refractivity contribution < 1.29 is 9.18 Å². The van der Waals surface area contributed by atoms with Crippen LogP contribution in [0.1, 0.15) is 29.8 Å². The van der Waals surface area contributed by atoms with Crippen molar-refractivity contribution in [2.24, 2.45) is 0 Å². The van der Waals surface area contributed by atoms with Gasteiger partial charge in [0.1, 0.15) is 11.6 Å². The van der Waals surface area contributed by atoms with Crippen LogP contribution in [-0.2, 0) is 0 Å². The number of aldehydes is 1. The fraction of sp³-hybridized carbons (Fsp3) is 0.200. The van der Waals surface area contributed by atoms with Crippen LogP contribution in [0.4, 0.5) is 10.2 Å². The summed E-state index contributed by atoms with van der Waals surface area (Å²) in [5.41, 5.74) is 7.44. The van der Waals surface area contributed by atoms with Crippen LogP contribution in [-0.4, -0.2) is 11.3 Å². The van der Waals surface area contributed by atoms with E-state index in [-0.39, 0.29) is 17.2 Å². The Morgan fingerprint density at radius 2 is 1.89 bits per heavy atom. The lowest BCUT2D eigenvalue weighted by molar-refractivity contribution is 0.112. The van der Waals surface area contributed by atoms with Crippen LogP contribution in [0.25, 0.3) is 11.1 Å². The Kier molecular flexibility index (Phi) is 5.18. The molecule has 2 aromatic rings. The summed E-state index contributed by atoms with van der Waals surface area (Å²) >= 11 is 0. The Hall–Kier alpha value is -2.23. The van der Waals surface area contributed by atoms with E-state index in [0.717, 1.165) is 5.56 Å². The monoisotopic (exact) mass is 260 g/mol. The number of carbonyl (C=O) groups excluding carboxylic acids is 1. The summed E-state index contributed by atoms with van der Waals surface area (Å²) in [6.07, 6.45) is 2.05. The van der Waals surface area contributed by atoms with E-state index < -0.39 is 0 Å². The number of anilines is 1. The molecule has 0 atom stereocenters. The van der Waals surface area contributed by atoms with Crippen molar-refractivity contribution in [1.82, 2.24) is 4.98 Å². The molecule has 0 saturated heterocycles. The number of aryl methyl sites for hydroxylation is 1. The van der Waals surface area contributed by atoms with Gasteiger partial charge in [-0.05, 0) is 24.6 Å². The first kappa shape index (κ1) is 14.8. The molecule has 0 aliphatic rings. The topological polar surface area (TPSA) is 56.0 Å². The van der Waals surface area contributed by atoms with Crippen LogP contribution < -0.4 is 5.73 Å². The Labute approximate surface area is 112 Å². The predicted octanol–water partition coefficient (Wildman–Crippen LogP) is 3.62. The zero-order valence-electron chi connectivity index (χ0n) is 11.3. The molecule has 100 valence electrons. The summed E-state index contributed by atoms with van der Waals surface area (Å²) in [6, 6.07) is 6.41. The molecule has 0 saturated carbocycles. The number of benzene rings is 1. The fourth-order valence-electron chi connectivity index (χ4n) is 1.69. The van der Waals surface area contributed by atoms with Crippen LogP contribution >= 0.6 is 0 Å². The molecule has 0 amide bonds. The maximum absolute atomic E-state index is 13.8. The molecule has 4 heteroatoms. The molecular formula is C15H17FN2O. The number of nitrogen functional groups attached to an aromatic ring is 1. The third kappa shape index (κ3) is 3.16. The second-order valence-corrected chi connectivity index (χ2v) is 3.76. The number of nitrogens with zero attached hydrogens (tertiary/aromatic N) is 1. The second-order valence-electron chi connectivity index (χ2n) is 3.76. The Morgan fingerprint density at radius 1 is 1.21 bits per heavy atom. The lowest BCUT2D eigenvalue weighted by Crippen LogP contribution is -1.99. The van der Waals surface area contributed by atoms with Gasteiger partial charge in [0.25, 0.3) is 0 Å². The number of rotatable bonds is 2. The van der Waals surface area contributed by atoms with Crippen LogP contribution in [0.15, 0.2) is 30.5 Å². The predicted molar refractivity (Wildman–Crippen MR) is 75.5 cm³/mol. The van der Waals surface area contributed by atoms with E-state index >= 15 is 0 Å². The highest BCUT2D eigenvalue weighted by molar-refractivity contribution is 5.92. The van der Waals surface area contributed by atoms with E-state index in [4.69, 9.17) is 5.73 Å². The molecule has 1 aromatic carbocycles. The summed E-state index contributed by atoms with van der Waals surface area (Å²) in [5, 5.41) is 0. The molecule has 0 unspecified atom stereocenters. The molecule has 0 aliphatic carbocycles. The van der Waals surface area contributed by atoms with Crippen molar-refractivity contribution in [2.75, 3.05) is 5.73 Å². The van der Waals surface area contributed by atoms with Gasteiger partial charge in [0.05, 0.1) is 5.56 Å². The van der Waals surface area contributed by atoms with E-state index in [2.05, 4.69) is 4.98 Å². The minimum Gasteiger partial charge on any atom is -0.383 e. The molecule has 1 heterocycles. The summed E-state index contributed by atoms with van der Waals surface area (Å²) in [4.78, 5) is 14.8. The van der Waals surface area contributed by atoms with Gasteiger partial charge in [0.15, 0.2) is 6.29 Å². The molecular weight excluding hydrogens is 243 g/mol. The number of pyridine rings is 1. The zero-order valence-corrected chi connectivity index (χ0v) is 11.3. The van der Waals surface area contributed by atoms with E-state index in [9.17, 15) is 9.18 Å². The maximum Gasteiger partial charge on any atom is 0.154 e. The molecule has 1 aromatic heterocycles. The normalized spacial score (nSPS) is 9.47. The van der Waals surface area contributed by atoms with Gasteiger partial charge in [0.2, 0.25) is 0 Å². The zero-order chi connectivity index (χ0) is 14.4. The quantitative estimate of drug-likeness (QED) is 0.839. The standard InChI is InChI=1S/C13H11FN2O.C2H6/c1-8-2-3-10(12(14)6-8)9-4-5-16-13(15)11(9)7-17;1-2/h2-7H,1H3,(H2,15,16);1-2H3. The second kappa shape index (κ2) is 6.64. The summed E-state index contributed by atoms with van der Waals surface area (Å²) < 4.78 is 13.8. The molecule has 0 fully saturated rings. The summed E-state index contributed by atoms with van der Waals surface area (Å²) in [5.74, 6) is -0.267. The van der Waals surface area contributed by atoms with Gasteiger partial charge in [-0.1, -0.05) is 26.0 Å². The van der Waals surface area contributed by atoms with Crippen molar-refractivity contribution in [3.63, 3.8) is 0 Å². The largest absolute Gasteiger partial charge is 0.383 e. The third-order valence-corrected chi connectivity index (χ3v) is 2.55. The van der Waals surface area contributed by atoms with Crippen LogP contribution in [0.2, 0.25) is 0 Å². The summed E-state index contributed by atoms with van der Waals surface area (Å²) in [6.45, 7) is 5.80. The Bertz CT molecular complexity index is 582. The number of nitrogens with two attached hydrogens (primary N) is 1. The molecule has 19 heavy (non-hydrogen) atoms. The van der Waals surface area contributed by atoms with E-state index in [1.54, 1.807) is 25.1 Å². The van der Waals surface area contributed by atoms with E-state index in [0.29, 0.717) is 17.4 Å². The van der Waals surface area contributed by atoms with Gasteiger partial charge >= 0.3 is 0 Å². The van der Waals surface area contributed by atoms with Crippen LogP contribution in [0.3, 0.4) is 0 Å². The van der Waals surface area contributed by atoms with Gasteiger partial charge in [-0.3, -0.25) is 4.79 Å². The van der Waals surface area contributed by atoms with Crippen molar-refractivity contribution >= 4 is 12.1 Å². The van der Waals surface area contributed by atoms with Crippen molar-refractivity contribution in [2.45, 2.75) is 20.8 Å². The average molecular weight is 260 g/mol. The van der Waals surface area contributed by atoms with Gasteiger partial charge in [0, 0.05) is 17.3 Å². The van der Waals surface area contributed by atoms with E-state index in [1.165, 1.54) is 12.3 Å². The Morgan fingerprint density at radius 3 is 2.47 bits per heavy atom. The molecule has 0 bridgehead atoms. The van der Waals surface area contributed by atoms with Crippen molar-refractivity contribution in [3.8, 4) is 11.1 Å². The van der Waals surface area contributed by atoms with Gasteiger partial charge in [-0.15, -0.1) is 0 Å². The first-order valence-electron chi connectivity index (χ1n) is 6.09. The highest BCUT2D eigenvalue weighted by Crippen LogP contribution is 2.27. The number of hydrogen-bond acceptors (Lipinski definition) is 3. The number of hydrogen-bond donors (Lipinski definition) is 1. The SMILES string of the molecule is CC.Cc1ccc(-c2ccnc(N)c2C=O)c(F)c1. The molecule has 0 spiro atoms. The Balaban J connectivity index is 0.000000861. The lowest BCUT2D eigenvalue weighted by Gasteiger charge is -2.08. The number of carbonyl (C=O) groups is 1. The number of aromatic nitrogens is 1. The van der Waals surface area contributed by atoms with E-state index in [1.807, 2.05) is 13.8 Å². The van der Waals surface area contributed by atoms with Crippen molar-refractivity contribution in [3.05, 3.63) is 47.4 Å². The molecule has 2 rings (SSSR count). The fourth-order valence-corrected chi connectivity index (χ4v) is 1.69. The third-order valence-electron chi connectivity index (χ3n) is 2.55. The lowest BCUT2D eigenvalue weighted by atomic mass is 10.00. The molecule has 2 N–H and O–H groups in total.